The molecule has 6 nitrogen and oxygen atoms in total. The molecular weight excluding hydrogens is 399 g/mol. The molecule has 0 fully saturated rings. The highest BCUT2D eigenvalue weighted by Crippen LogP contribution is 2.34. The molecule has 1 N–H and O–H groups in total. The molecule has 0 saturated carbocycles. The summed E-state index contributed by atoms with van der Waals surface area (Å²) >= 11 is 0. The van der Waals surface area contributed by atoms with Crippen LogP contribution in [-0.2, 0) is 4.79 Å². The van der Waals surface area contributed by atoms with Crippen LogP contribution in [0.15, 0.2) is 72.8 Å². The Hall–Kier alpha value is -3.87. The number of nitrogens with one attached hydrogen (secondary N) is 1. The molecule has 0 spiro atoms. The van der Waals surface area contributed by atoms with Gasteiger partial charge in [0, 0.05) is 23.9 Å². The average molecular weight is 420 g/mol. The minimum absolute atomic E-state index is 0.0756. The SMILES string of the molecule is O=C(Nc1ccc2c(c1)OCC(=O)N2CCCOc1ccccc1)c1cccc(F)c1. The van der Waals surface area contributed by atoms with Crippen LogP contribution in [0.1, 0.15) is 16.8 Å². The van der Waals surface area contributed by atoms with Crippen LogP contribution in [0.25, 0.3) is 0 Å². The maximum Gasteiger partial charge on any atom is 0.265 e. The highest BCUT2D eigenvalue weighted by Gasteiger charge is 2.25. The molecule has 3 aromatic carbocycles. The van der Waals surface area contributed by atoms with E-state index in [0.29, 0.717) is 36.7 Å². The summed E-state index contributed by atoms with van der Waals surface area (Å²) in [6.45, 7) is 0.886. The number of benzene rings is 3. The topological polar surface area (TPSA) is 67.9 Å². The van der Waals surface area contributed by atoms with Crippen LogP contribution in [0.2, 0.25) is 0 Å². The molecule has 158 valence electrons. The molecule has 1 aliphatic heterocycles. The van der Waals surface area contributed by atoms with E-state index in [4.69, 9.17) is 9.47 Å². The Bertz CT molecular complexity index is 1090. The summed E-state index contributed by atoms with van der Waals surface area (Å²) in [5, 5.41) is 2.72. The number of nitrogens with zero attached hydrogens (tertiary/aromatic N) is 1. The lowest BCUT2D eigenvalue weighted by atomic mass is 10.1. The number of amides is 2. The van der Waals surface area contributed by atoms with E-state index in [0.717, 1.165) is 5.75 Å². The molecule has 3 aromatic rings. The fourth-order valence-electron chi connectivity index (χ4n) is 3.29. The zero-order valence-corrected chi connectivity index (χ0v) is 16.7. The Balaban J connectivity index is 1.40. The van der Waals surface area contributed by atoms with E-state index in [-0.39, 0.29) is 18.1 Å². The molecule has 2 amide bonds. The summed E-state index contributed by atoms with van der Waals surface area (Å²) in [4.78, 5) is 26.4. The van der Waals surface area contributed by atoms with E-state index in [1.165, 1.54) is 24.3 Å². The third-order valence-corrected chi connectivity index (χ3v) is 4.79. The van der Waals surface area contributed by atoms with Gasteiger partial charge in [0.25, 0.3) is 11.8 Å². The van der Waals surface area contributed by atoms with Crippen molar-refractivity contribution in [1.29, 1.82) is 0 Å². The van der Waals surface area contributed by atoms with Gasteiger partial charge in [0.2, 0.25) is 0 Å². The van der Waals surface area contributed by atoms with Crippen LogP contribution in [-0.4, -0.2) is 31.6 Å². The van der Waals surface area contributed by atoms with Crippen molar-refractivity contribution in [3.8, 4) is 11.5 Å². The highest BCUT2D eigenvalue weighted by atomic mass is 19.1. The predicted octanol–water partition coefficient (Wildman–Crippen LogP) is 4.27. The predicted molar refractivity (Wildman–Crippen MR) is 115 cm³/mol. The summed E-state index contributed by atoms with van der Waals surface area (Å²) in [7, 11) is 0. The lowest BCUT2D eigenvalue weighted by Gasteiger charge is -2.29. The Morgan fingerprint density at radius 1 is 1.06 bits per heavy atom. The van der Waals surface area contributed by atoms with Gasteiger partial charge < -0.3 is 19.7 Å². The fourth-order valence-corrected chi connectivity index (χ4v) is 3.29. The lowest BCUT2D eigenvalue weighted by Crippen LogP contribution is -2.39. The summed E-state index contributed by atoms with van der Waals surface area (Å²) in [5.74, 6) is 0.243. The van der Waals surface area contributed by atoms with Gasteiger partial charge >= 0.3 is 0 Å². The Labute approximate surface area is 179 Å². The molecule has 1 heterocycles. The third kappa shape index (κ3) is 5.01. The zero-order valence-electron chi connectivity index (χ0n) is 16.7. The van der Waals surface area contributed by atoms with Crippen molar-refractivity contribution in [2.75, 3.05) is 30.0 Å². The van der Waals surface area contributed by atoms with Crippen LogP contribution >= 0.6 is 0 Å². The van der Waals surface area contributed by atoms with Crippen molar-refractivity contribution in [3.05, 3.63) is 84.2 Å². The number of carbonyl (C=O) groups excluding carboxylic acids is 2. The Morgan fingerprint density at radius 2 is 1.90 bits per heavy atom. The van der Waals surface area contributed by atoms with Gasteiger partial charge in [-0.25, -0.2) is 4.39 Å². The molecule has 0 radical (unpaired) electrons. The average Bonchev–Trinajstić information content (AvgIpc) is 2.78. The van der Waals surface area contributed by atoms with Crippen molar-refractivity contribution in [2.24, 2.45) is 0 Å². The standard InChI is InChI=1S/C24H21FN2O4/c25-18-7-4-6-17(14-18)24(29)26-19-10-11-21-22(15-19)31-16-23(28)27(21)12-5-13-30-20-8-2-1-3-9-20/h1-4,6-11,14-15H,5,12-13,16H2,(H,26,29). The molecule has 4 rings (SSSR count). The molecular formula is C24H21FN2O4. The number of rotatable bonds is 7. The number of anilines is 2. The molecule has 1 aliphatic rings. The van der Waals surface area contributed by atoms with Gasteiger partial charge in [0.1, 0.15) is 17.3 Å². The lowest BCUT2D eigenvalue weighted by molar-refractivity contribution is -0.121. The van der Waals surface area contributed by atoms with Crippen molar-refractivity contribution in [3.63, 3.8) is 0 Å². The number of ether oxygens (including phenoxy) is 2. The molecule has 0 saturated heterocycles. The Kier molecular flexibility index (Phi) is 6.12. The van der Waals surface area contributed by atoms with E-state index < -0.39 is 11.7 Å². The molecule has 0 unspecified atom stereocenters. The second-order valence-corrected chi connectivity index (χ2v) is 7.00. The van der Waals surface area contributed by atoms with E-state index >= 15 is 0 Å². The van der Waals surface area contributed by atoms with Crippen molar-refractivity contribution >= 4 is 23.2 Å². The first-order valence-electron chi connectivity index (χ1n) is 9.92. The number of para-hydroxylation sites is 1. The third-order valence-electron chi connectivity index (χ3n) is 4.79. The summed E-state index contributed by atoms with van der Waals surface area (Å²) in [5.41, 5.74) is 1.35. The summed E-state index contributed by atoms with van der Waals surface area (Å²) in [6.07, 6.45) is 0.651. The van der Waals surface area contributed by atoms with Gasteiger partial charge in [-0.05, 0) is 48.9 Å². The maximum atomic E-state index is 13.3. The van der Waals surface area contributed by atoms with Gasteiger partial charge in [0.05, 0.1) is 12.3 Å². The normalized spacial score (nSPS) is 12.7. The van der Waals surface area contributed by atoms with Crippen LogP contribution < -0.4 is 19.7 Å². The van der Waals surface area contributed by atoms with E-state index in [2.05, 4.69) is 5.32 Å². The first kappa shape index (κ1) is 20.4. The first-order valence-corrected chi connectivity index (χ1v) is 9.92. The van der Waals surface area contributed by atoms with Crippen molar-refractivity contribution in [2.45, 2.75) is 6.42 Å². The van der Waals surface area contributed by atoms with Gasteiger partial charge in [0.15, 0.2) is 6.61 Å². The summed E-state index contributed by atoms with van der Waals surface area (Å²) in [6, 6.07) is 20.0. The van der Waals surface area contributed by atoms with Gasteiger partial charge in [-0.3, -0.25) is 9.59 Å². The van der Waals surface area contributed by atoms with E-state index in [1.54, 1.807) is 23.1 Å². The van der Waals surface area contributed by atoms with Crippen molar-refractivity contribution < 1.29 is 23.5 Å². The van der Waals surface area contributed by atoms with Gasteiger partial charge in [-0.2, -0.15) is 0 Å². The smallest absolute Gasteiger partial charge is 0.265 e. The maximum absolute atomic E-state index is 13.3. The minimum atomic E-state index is -0.480. The van der Waals surface area contributed by atoms with Crippen molar-refractivity contribution in [1.82, 2.24) is 0 Å². The zero-order chi connectivity index (χ0) is 21.6. The number of hydrogen-bond donors (Lipinski definition) is 1. The van der Waals surface area contributed by atoms with Crippen LogP contribution in [0.5, 0.6) is 11.5 Å². The van der Waals surface area contributed by atoms with Gasteiger partial charge in [-0.1, -0.05) is 24.3 Å². The number of halogens is 1. The molecule has 0 bridgehead atoms. The number of hydrogen-bond acceptors (Lipinski definition) is 4. The highest BCUT2D eigenvalue weighted by molar-refractivity contribution is 6.05. The molecule has 0 aromatic heterocycles. The number of carbonyl (C=O) groups is 2. The Morgan fingerprint density at radius 3 is 2.71 bits per heavy atom. The van der Waals surface area contributed by atoms with E-state index in [9.17, 15) is 14.0 Å². The second-order valence-electron chi connectivity index (χ2n) is 7.00. The summed E-state index contributed by atoms with van der Waals surface area (Å²) < 4.78 is 24.6. The fraction of sp³-hybridized carbons (Fsp3) is 0.167. The molecule has 0 aliphatic carbocycles. The first-order chi connectivity index (χ1) is 15.1. The second kappa shape index (κ2) is 9.30. The molecule has 0 atom stereocenters. The monoisotopic (exact) mass is 420 g/mol. The van der Waals surface area contributed by atoms with Crippen LogP contribution in [0.4, 0.5) is 15.8 Å². The number of fused-ring (bicyclic) bond motifs is 1. The largest absolute Gasteiger partial charge is 0.494 e. The molecule has 7 heteroatoms. The molecule has 31 heavy (non-hydrogen) atoms. The minimum Gasteiger partial charge on any atom is -0.494 e. The van der Waals surface area contributed by atoms with E-state index in [1.807, 2.05) is 30.3 Å². The quantitative estimate of drug-likeness (QED) is 0.580. The van der Waals surface area contributed by atoms with Crippen LogP contribution in [0.3, 0.4) is 0 Å². The van der Waals surface area contributed by atoms with Gasteiger partial charge in [-0.15, -0.1) is 0 Å². The van der Waals surface area contributed by atoms with Crippen LogP contribution in [0, 0.1) is 5.82 Å².